The first-order valence-electron chi connectivity index (χ1n) is 12.8. The second kappa shape index (κ2) is 10.0. The van der Waals surface area contributed by atoms with Gasteiger partial charge in [0.25, 0.3) is 0 Å². The highest BCUT2D eigenvalue weighted by atomic mass is 19.3. The molecule has 0 aromatic heterocycles. The molecule has 9 heteroatoms. The quantitative estimate of drug-likeness (QED) is 0.553. The number of methoxy groups -OCH3 is 1. The summed E-state index contributed by atoms with van der Waals surface area (Å²) in [7, 11) is 3.49. The lowest BCUT2D eigenvalue weighted by Gasteiger charge is -2.45. The normalized spacial score (nSPS) is 23.6. The van der Waals surface area contributed by atoms with Gasteiger partial charge in [-0.25, -0.2) is 0 Å². The van der Waals surface area contributed by atoms with Gasteiger partial charge < -0.3 is 19.7 Å². The highest BCUT2D eigenvalue weighted by Crippen LogP contribution is 2.52. The van der Waals surface area contributed by atoms with Gasteiger partial charge in [-0.15, -0.1) is 0 Å². The second-order valence-corrected chi connectivity index (χ2v) is 10.1. The molecule has 1 atom stereocenters. The smallest absolute Gasteiger partial charge is 0.387 e. The van der Waals surface area contributed by atoms with E-state index in [0.29, 0.717) is 44.5 Å². The maximum Gasteiger partial charge on any atom is 0.387 e. The molecule has 1 unspecified atom stereocenters. The molecule has 1 amide bonds. The molecule has 1 spiro atoms. The zero-order valence-corrected chi connectivity index (χ0v) is 21.2. The Morgan fingerprint density at radius 3 is 2.24 bits per heavy atom. The van der Waals surface area contributed by atoms with Gasteiger partial charge in [-0.2, -0.15) is 8.78 Å². The van der Waals surface area contributed by atoms with Crippen LogP contribution in [-0.2, 0) is 21.7 Å². The van der Waals surface area contributed by atoms with Crippen molar-refractivity contribution in [1.29, 1.82) is 0 Å². The van der Waals surface area contributed by atoms with Crippen molar-refractivity contribution < 1.29 is 27.8 Å². The van der Waals surface area contributed by atoms with Crippen LogP contribution >= 0.6 is 0 Å². The molecular weight excluding hydrogens is 480 g/mol. The number of halogens is 2. The van der Waals surface area contributed by atoms with Crippen LogP contribution in [0, 0.1) is 5.92 Å². The van der Waals surface area contributed by atoms with E-state index >= 15 is 0 Å². The Labute approximate surface area is 215 Å². The van der Waals surface area contributed by atoms with Crippen LogP contribution in [0.4, 0.5) is 8.78 Å². The molecule has 2 aromatic carbocycles. The van der Waals surface area contributed by atoms with Gasteiger partial charge >= 0.3 is 6.61 Å². The molecule has 1 saturated carbocycles. The van der Waals surface area contributed by atoms with E-state index in [-0.39, 0.29) is 23.4 Å². The fourth-order valence-electron chi connectivity index (χ4n) is 6.01. The number of ketones is 1. The van der Waals surface area contributed by atoms with E-state index in [1.807, 2.05) is 36.2 Å². The third-order valence-corrected chi connectivity index (χ3v) is 8.15. The molecule has 37 heavy (non-hydrogen) atoms. The Hall–Kier alpha value is -3.04. The van der Waals surface area contributed by atoms with Crippen molar-refractivity contribution in [2.45, 2.75) is 49.9 Å². The van der Waals surface area contributed by atoms with Gasteiger partial charge in [-0.1, -0.05) is 24.3 Å². The van der Waals surface area contributed by atoms with E-state index in [1.54, 1.807) is 24.1 Å². The first kappa shape index (κ1) is 25.6. The Balaban J connectivity index is 1.58. The van der Waals surface area contributed by atoms with Crippen molar-refractivity contribution >= 4 is 11.7 Å². The lowest BCUT2D eigenvalue weighted by atomic mass is 9.84. The molecule has 3 fully saturated rings. The third kappa shape index (κ3) is 4.38. The van der Waals surface area contributed by atoms with E-state index in [0.717, 1.165) is 24.2 Å². The number of hydrogen-bond acceptors (Lipinski definition) is 6. The SMILES string of the molecule is COc1ccc(CCN2C(=O)C3(CCNCC3)N(C)C2(C(=O)C2CC2)c2ccc(OC(F)F)cc2)cc1. The lowest BCUT2D eigenvalue weighted by Crippen LogP contribution is -2.60. The van der Waals surface area contributed by atoms with Crippen molar-refractivity contribution in [2.75, 3.05) is 33.8 Å². The number of piperidine rings is 1. The van der Waals surface area contributed by atoms with E-state index in [9.17, 15) is 18.4 Å². The van der Waals surface area contributed by atoms with Crippen molar-refractivity contribution in [3.05, 3.63) is 59.7 Å². The standard InChI is InChI=1S/C28H33F2N3O4/c1-32-27(14-16-31-17-15-27)25(35)33(18-13-19-3-9-22(36-2)10-4-19)28(32,24(34)20-5-6-20)21-7-11-23(12-8-21)37-26(29)30/h3-4,7-12,20,26,31H,5-6,13-18H2,1-2H3. The van der Waals surface area contributed by atoms with Crippen LogP contribution < -0.4 is 14.8 Å². The second-order valence-electron chi connectivity index (χ2n) is 10.1. The topological polar surface area (TPSA) is 71.1 Å². The Kier molecular flexibility index (Phi) is 6.93. The Morgan fingerprint density at radius 2 is 1.68 bits per heavy atom. The van der Waals surface area contributed by atoms with Crippen molar-refractivity contribution in [1.82, 2.24) is 15.1 Å². The van der Waals surface area contributed by atoms with Crippen LogP contribution in [0.1, 0.15) is 36.8 Å². The molecule has 2 aromatic rings. The Morgan fingerprint density at radius 1 is 1.05 bits per heavy atom. The molecule has 198 valence electrons. The summed E-state index contributed by atoms with van der Waals surface area (Å²) in [6.45, 7) is -1.24. The number of ether oxygens (including phenoxy) is 2. The van der Waals surface area contributed by atoms with Crippen molar-refractivity contribution in [3.8, 4) is 11.5 Å². The number of carbonyl (C=O) groups excluding carboxylic acids is 2. The molecule has 0 bridgehead atoms. The summed E-state index contributed by atoms with van der Waals surface area (Å²) < 4.78 is 35.5. The number of Topliss-reactive ketones (excluding diaryl/α,β-unsaturated/α-hetero) is 1. The largest absolute Gasteiger partial charge is 0.497 e. The van der Waals surface area contributed by atoms with Crippen LogP contribution in [0.3, 0.4) is 0 Å². The molecule has 3 aliphatic rings. The maximum absolute atomic E-state index is 14.3. The van der Waals surface area contributed by atoms with Gasteiger partial charge in [0.2, 0.25) is 5.91 Å². The van der Waals surface area contributed by atoms with E-state index in [2.05, 4.69) is 10.1 Å². The molecular formula is C28H33F2N3O4. The summed E-state index contributed by atoms with van der Waals surface area (Å²) in [5.41, 5.74) is -0.498. The molecule has 2 heterocycles. The first-order valence-corrected chi connectivity index (χ1v) is 12.8. The number of rotatable bonds is 9. The minimum atomic E-state index is -2.94. The minimum absolute atomic E-state index is 0.00369. The van der Waals surface area contributed by atoms with Crippen LogP contribution in [0.2, 0.25) is 0 Å². The zero-order chi connectivity index (χ0) is 26.2. The number of carbonyl (C=O) groups is 2. The highest BCUT2D eigenvalue weighted by Gasteiger charge is 2.68. The van der Waals surface area contributed by atoms with Gasteiger partial charge in [0.1, 0.15) is 17.0 Å². The molecule has 2 aliphatic heterocycles. The van der Waals surface area contributed by atoms with Crippen molar-refractivity contribution in [3.63, 3.8) is 0 Å². The number of likely N-dealkylation sites (N-methyl/N-ethyl adjacent to an activating group) is 1. The molecule has 7 nitrogen and oxygen atoms in total. The van der Waals surface area contributed by atoms with E-state index < -0.39 is 17.8 Å². The lowest BCUT2D eigenvalue weighted by molar-refractivity contribution is -0.147. The van der Waals surface area contributed by atoms with Crippen molar-refractivity contribution in [2.24, 2.45) is 5.92 Å². The number of amides is 1. The number of nitrogens with zero attached hydrogens (tertiary/aromatic N) is 2. The summed E-state index contributed by atoms with van der Waals surface area (Å²) in [5.74, 6) is 0.579. The van der Waals surface area contributed by atoms with Gasteiger partial charge in [-0.3, -0.25) is 14.5 Å². The van der Waals surface area contributed by atoms with Gasteiger partial charge in [-0.05, 0) is 82.1 Å². The van der Waals surface area contributed by atoms with Gasteiger partial charge in [0.05, 0.1) is 7.11 Å². The summed E-state index contributed by atoms with van der Waals surface area (Å²) in [6.07, 6.45) is 3.32. The molecule has 5 rings (SSSR count). The molecule has 1 aliphatic carbocycles. The van der Waals surface area contributed by atoms with Crippen LogP contribution in [-0.4, -0.2) is 67.4 Å². The Bertz CT molecular complexity index is 1130. The maximum atomic E-state index is 14.3. The number of alkyl halides is 2. The average Bonchev–Trinajstić information content (AvgIpc) is 3.74. The summed E-state index contributed by atoms with van der Waals surface area (Å²) in [4.78, 5) is 32.3. The predicted molar refractivity (Wildman–Crippen MR) is 133 cm³/mol. The zero-order valence-electron chi connectivity index (χ0n) is 21.2. The average molecular weight is 514 g/mol. The minimum Gasteiger partial charge on any atom is -0.497 e. The number of hydrogen-bond donors (Lipinski definition) is 1. The fourth-order valence-corrected chi connectivity index (χ4v) is 6.01. The summed E-state index contributed by atoms with van der Waals surface area (Å²) >= 11 is 0. The first-order chi connectivity index (χ1) is 17.8. The van der Waals surface area contributed by atoms with E-state index in [4.69, 9.17) is 4.74 Å². The summed E-state index contributed by atoms with van der Waals surface area (Å²) in [5, 5.41) is 3.34. The molecule has 2 saturated heterocycles. The van der Waals surface area contributed by atoms with E-state index in [1.165, 1.54) is 12.1 Å². The summed E-state index contributed by atoms with van der Waals surface area (Å²) in [6, 6.07) is 13.9. The number of nitrogens with one attached hydrogen (secondary N) is 1. The predicted octanol–water partition coefficient (Wildman–Crippen LogP) is 3.57. The van der Waals surface area contributed by atoms with Gasteiger partial charge in [0.15, 0.2) is 11.4 Å². The highest BCUT2D eigenvalue weighted by molar-refractivity contribution is 6.02. The fraction of sp³-hybridized carbons (Fsp3) is 0.500. The van der Waals surface area contributed by atoms with Crippen LogP contribution in [0.15, 0.2) is 48.5 Å². The molecule has 1 N–H and O–H groups in total. The third-order valence-electron chi connectivity index (χ3n) is 8.15. The monoisotopic (exact) mass is 513 g/mol. The van der Waals surface area contributed by atoms with Crippen LogP contribution in [0.25, 0.3) is 0 Å². The number of benzene rings is 2. The van der Waals surface area contributed by atoms with Crippen LogP contribution in [0.5, 0.6) is 11.5 Å². The van der Waals surface area contributed by atoms with Gasteiger partial charge in [0, 0.05) is 18.0 Å². The molecule has 0 radical (unpaired) electrons.